The van der Waals surface area contributed by atoms with Gasteiger partial charge in [-0.05, 0) is 17.4 Å². The van der Waals surface area contributed by atoms with E-state index in [1.54, 1.807) is 0 Å². The van der Waals surface area contributed by atoms with Gasteiger partial charge in [-0.2, -0.15) is 0 Å². The third kappa shape index (κ3) is 1.78. The van der Waals surface area contributed by atoms with E-state index in [9.17, 15) is 0 Å². The topological polar surface area (TPSA) is 18.5 Å². The van der Waals surface area contributed by atoms with Crippen LogP contribution in [0.4, 0.5) is 0 Å². The van der Waals surface area contributed by atoms with E-state index in [0.717, 1.165) is 12.8 Å². The quantitative estimate of drug-likeness (QED) is 0.724. The summed E-state index contributed by atoms with van der Waals surface area (Å²) in [6.07, 6.45) is 1.99. The van der Waals surface area contributed by atoms with Gasteiger partial charge < -0.3 is 9.47 Å². The Bertz CT molecular complexity index is 458. The average Bonchev–Trinajstić information content (AvgIpc) is 2.80. The molecule has 3 heteroatoms. The van der Waals surface area contributed by atoms with Crippen LogP contribution >= 0.6 is 11.6 Å². The van der Waals surface area contributed by atoms with Crippen molar-refractivity contribution in [2.75, 3.05) is 12.5 Å². The third-order valence-electron chi connectivity index (χ3n) is 4.18. The summed E-state index contributed by atoms with van der Waals surface area (Å²) in [6.45, 7) is 5.16. The maximum absolute atomic E-state index is 6.10. The molecule has 2 atom stereocenters. The first-order valence-corrected chi connectivity index (χ1v) is 7.09. The number of benzene rings is 1. The summed E-state index contributed by atoms with van der Waals surface area (Å²) < 4.78 is 12.1. The van der Waals surface area contributed by atoms with Crippen molar-refractivity contribution in [2.24, 2.45) is 0 Å². The van der Waals surface area contributed by atoms with Crippen LogP contribution in [0.2, 0.25) is 0 Å². The molecule has 3 rings (SSSR count). The van der Waals surface area contributed by atoms with E-state index in [4.69, 9.17) is 21.1 Å². The van der Waals surface area contributed by atoms with Crippen LogP contribution in [-0.2, 0) is 20.7 Å². The van der Waals surface area contributed by atoms with E-state index in [0.29, 0.717) is 12.5 Å². The Hall–Kier alpha value is -0.570. The molecule has 1 aliphatic heterocycles. The summed E-state index contributed by atoms with van der Waals surface area (Å²) in [5.41, 5.74) is 2.72. The standard InChI is InChI=1S/C15H19ClO2/c1-14(2)7-8-15(17-10-11(9-16)18-15)13-6-4-3-5-12(13)14/h3-6,11H,7-10H2,1-2H3. The van der Waals surface area contributed by atoms with Gasteiger partial charge in [0, 0.05) is 12.0 Å². The van der Waals surface area contributed by atoms with Crippen molar-refractivity contribution in [3.63, 3.8) is 0 Å². The molecule has 1 spiro atoms. The van der Waals surface area contributed by atoms with E-state index < -0.39 is 5.79 Å². The predicted octanol–water partition coefficient (Wildman–Crippen LogP) is 3.57. The fourth-order valence-electron chi connectivity index (χ4n) is 3.07. The minimum absolute atomic E-state index is 0.0148. The van der Waals surface area contributed by atoms with Crippen molar-refractivity contribution >= 4 is 11.6 Å². The van der Waals surface area contributed by atoms with Crippen LogP contribution < -0.4 is 0 Å². The maximum atomic E-state index is 6.10. The van der Waals surface area contributed by atoms with E-state index >= 15 is 0 Å². The highest BCUT2D eigenvalue weighted by atomic mass is 35.5. The number of hydrogen-bond acceptors (Lipinski definition) is 2. The lowest BCUT2D eigenvalue weighted by molar-refractivity contribution is -0.188. The predicted molar refractivity (Wildman–Crippen MR) is 71.9 cm³/mol. The fourth-order valence-corrected chi connectivity index (χ4v) is 3.22. The molecule has 1 aromatic rings. The van der Waals surface area contributed by atoms with E-state index in [1.165, 1.54) is 11.1 Å². The van der Waals surface area contributed by atoms with Crippen molar-refractivity contribution in [3.05, 3.63) is 35.4 Å². The first kappa shape index (κ1) is 12.5. The molecule has 2 nitrogen and oxygen atoms in total. The fraction of sp³-hybridized carbons (Fsp3) is 0.600. The molecule has 1 saturated heterocycles. The lowest BCUT2D eigenvalue weighted by atomic mass is 9.70. The Balaban J connectivity index is 2.05. The van der Waals surface area contributed by atoms with Gasteiger partial charge in [0.1, 0.15) is 0 Å². The molecule has 2 unspecified atom stereocenters. The van der Waals surface area contributed by atoms with Gasteiger partial charge in [0.15, 0.2) is 5.79 Å². The van der Waals surface area contributed by atoms with Crippen molar-refractivity contribution < 1.29 is 9.47 Å². The number of hydrogen-bond donors (Lipinski definition) is 0. The minimum atomic E-state index is -0.550. The number of alkyl halides is 1. The molecule has 98 valence electrons. The highest BCUT2D eigenvalue weighted by Gasteiger charge is 2.49. The second-order valence-corrected chi connectivity index (χ2v) is 6.20. The van der Waals surface area contributed by atoms with Crippen molar-refractivity contribution in [3.8, 4) is 0 Å². The SMILES string of the molecule is CC1(C)CCC2(OCC(CCl)O2)c2ccccc21. The van der Waals surface area contributed by atoms with Gasteiger partial charge in [0.25, 0.3) is 0 Å². The lowest BCUT2D eigenvalue weighted by Crippen LogP contribution is -2.39. The number of rotatable bonds is 1. The molecule has 1 aromatic carbocycles. The van der Waals surface area contributed by atoms with Crippen molar-refractivity contribution in [2.45, 2.75) is 44.0 Å². The van der Waals surface area contributed by atoms with Crippen molar-refractivity contribution in [1.82, 2.24) is 0 Å². The Kier molecular flexibility index (Phi) is 2.92. The van der Waals surface area contributed by atoms with Crippen molar-refractivity contribution in [1.29, 1.82) is 0 Å². The van der Waals surface area contributed by atoms with Gasteiger partial charge in [-0.15, -0.1) is 11.6 Å². The first-order valence-electron chi connectivity index (χ1n) is 6.55. The third-order valence-corrected chi connectivity index (χ3v) is 4.52. The summed E-state index contributed by atoms with van der Waals surface area (Å²) in [5.74, 6) is -0.0566. The van der Waals surface area contributed by atoms with E-state index in [-0.39, 0.29) is 11.5 Å². The Morgan fingerprint density at radius 3 is 2.61 bits per heavy atom. The largest absolute Gasteiger partial charge is 0.343 e. The van der Waals surface area contributed by atoms with Crippen LogP contribution in [0.5, 0.6) is 0 Å². The molecule has 0 bridgehead atoms. The van der Waals surface area contributed by atoms with Crippen LogP contribution in [0.15, 0.2) is 24.3 Å². The first-order chi connectivity index (χ1) is 8.57. The van der Waals surface area contributed by atoms with Gasteiger partial charge >= 0.3 is 0 Å². The van der Waals surface area contributed by atoms with Gasteiger partial charge in [-0.25, -0.2) is 0 Å². The zero-order chi connectivity index (χ0) is 12.8. The zero-order valence-electron chi connectivity index (χ0n) is 10.9. The summed E-state index contributed by atoms with van der Waals surface area (Å²) in [6, 6.07) is 8.47. The molecule has 18 heavy (non-hydrogen) atoms. The lowest BCUT2D eigenvalue weighted by Gasteiger charge is -2.42. The van der Waals surface area contributed by atoms with E-state index in [2.05, 4.69) is 38.1 Å². The highest BCUT2D eigenvalue weighted by Crippen LogP contribution is 2.49. The van der Waals surface area contributed by atoms with Gasteiger partial charge in [0.05, 0.1) is 18.6 Å². The average molecular weight is 267 g/mol. The molecule has 1 aliphatic carbocycles. The molecule has 1 fully saturated rings. The van der Waals surface area contributed by atoms with Crippen LogP contribution in [-0.4, -0.2) is 18.6 Å². The van der Waals surface area contributed by atoms with Crippen LogP contribution in [0.3, 0.4) is 0 Å². The normalized spacial score (nSPS) is 33.6. The molecule has 0 N–H and O–H groups in total. The van der Waals surface area contributed by atoms with Crippen LogP contribution in [0, 0.1) is 0 Å². The summed E-state index contributed by atoms with van der Waals surface area (Å²) in [5, 5.41) is 0. The highest BCUT2D eigenvalue weighted by molar-refractivity contribution is 6.18. The number of fused-ring (bicyclic) bond motifs is 2. The van der Waals surface area contributed by atoms with Crippen LogP contribution in [0.25, 0.3) is 0 Å². The summed E-state index contributed by atoms with van der Waals surface area (Å²) in [4.78, 5) is 0. The number of ether oxygens (including phenoxy) is 2. The molecule has 0 amide bonds. The molecule has 2 aliphatic rings. The van der Waals surface area contributed by atoms with Gasteiger partial charge in [-0.1, -0.05) is 38.1 Å². The van der Waals surface area contributed by atoms with E-state index in [1.807, 2.05) is 0 Å². The zero-order valence-corrected chi connectivity index (χ0v) is 11.7. The van der Waals surface area contributed by atoms with Gasteiger partial charge in [0.2, 0.25) is 0 Å². The Morgan fingerprint density at radius 1 is 1.22 bits per heavy atom. The molecular weight excluding hydrogens is 248 g/mol. The Morgan fingerprint density at radius 2 is 1.94 bits per heavy atom. The molecule has 0 radical (unpaired) electrons. The molecule has 0 aromatic heterocycles. The molecular formula is C15H19ClO2. The summed E-state index contributed by atoms with van der Waals surface area (Å²) >= 11 is 5.89. The van der Waals surface area contributed by atoms with Gasteiger partial charge in [-0.3, -0.25) is 0 Å². The molecule has 0 saturated carbocycles. The number of halogens is 1. The summed E-state index contributed by atoms with van der Waals surface area (Å²) in [7, 11) is 0. The second-order valence-electron chi connectivity index (χ2n) is 5.89. The maximum Gasteiger partial charge on any atom is 0.195 e. The molecule has 1 heterocycles. The smallest absolute Gasteiger partial charge is 0.195 e. The monoisotopic (exact) mass is 266 g/mol. The van der Waals surface area contributed by atoms with Crippen LogP contribution in [0.1, 0.15) is 37.8 Å². The Labute approximate surface area is 113 Å². The second kappa shape index (κ2) is 4.22. The minimum Gasteiger partial charge on any atom is -0.343 e.